The van der Waals surface area contributed by atoms with Crippen molar-refractivity contribution in [3.05, 3.63) is 89.7 Å². The van der Waals surface area contributed by atoms with Crippen LogP contribution >= 0.6 is 0 Å². The minimum atomic E-state index is -1.68. The lowest BCUT2D eigenvalue weighted by Gasteiger charge is -2.40. The molecule has 3 aliphatic rings. The molecule has 2 aromatic carbocycles. The number of cyclic esters (lactones) is 1. The van der Waals surface area contributed by atoms with Crippen molar-refractivity contribution in [2.24, 2.45) is 0 Å². The lowest BCUT2D eigenvalue weighted by Crippen LogP contribution is -2.61. The van der Waals surface area contributed by atoms with E-state index in [-0.39, 0.29) is 56.5 Å². The first-order chi connectivity index (χ1) is 30.1. The number of hydrogen-bond acceptors (Lipinski definition) is 12. The number of aromatic nitrogens is 1. The fourth-order valence-electron chi connectivity index (χ4n) is 8.20. The van der Waals surface area contributed by atoms with Crippen LogP contribution in [-0.4, -0.2) is 143 Å². The fourth-order valence-corrected chi connectivity index (χ4v) is 8.20. The number of benzene rings is 2. The topological polar surface area (TPSA) is 228 Å². The number of ether oxygens (including phenoxy) is 1. The van der Waals surface area contributed by atoms with Gasteiger partial charge in [-0.2, -0.15) is 0 Å². The van der Waals surface area contributed by atoms with Gasteiger partial charge in [0.25, 0.3) is 5.91 Å². The van der Waals surface area contributed by atoms with Crippen molar-refractivity contribution in [3.63, 3.8) is 0 Å². The third kappa shape index (κ3) is 10.3. The maximum absolute atomic E-state index is 15.0. The molecule has 0 bridgehead atoms. The molecule has 3 aliphatic heterocycles. The minimum Gasteiger partial charge on any atom is -0.505 e. The number of aromatic hydroxyl groups is 1. The van der Waals surface area contributed by atoms with Crippen molar-refractivity contribution >= 4 is 52.9 Å². The molecular weight excluding hydrogens is 813 g/mol. The van der Waals surface area contributed by atoms with Gasteiger partial charge in [0.15, 0.2) is 11.7 Å². The SMILES string of the molecule is CC[C@@H]1NC(=O)[C@H](NC(=O)c2ncccc2O)[C@H](C)OC(=O)[C@H](c2ccccc2)NC(=O)[C@@H]2CC(=O)CCN2C(=O)[C@H](Cc2ccc(N(C)C)cc2)N(C)C(=O)[C@@H]2CCCN2C1=O. The van der Waals surface area contributed by atoms with E-state index in [4.69, 9.17) is 4.74 Å². The standard InChI is InChI=1S/C45H54N8O10/c1-6-31-42(59)52-22-11-14-32(52)43(60)51(5)34(24-27-16-18-29(19-17-27)50(3)4)44(61)53-23-20-30(54)25-33(53)39(56)49-37(28-12-8-7-9-13-28)45(62)63-26(2)36(40(57)47-31)48-41(58)38-35(55)15-10-21-46-38/h7-10,12-13,15-19,21,26,31-34,36-37,55H,6,11,14,20,22-25H2,1-5H3,(H,47,57)(H,48,58)(H,49,56)/t26-,31-,32-,33-,34-,36+,37-/m0/s1. The summed E-state index contributed by atoms with van der Waals surface area (Å²) in [6.45, 7) is 3.02. The van der Waals surface area contributed by atoms with Crippen LogP contribution in [0.15, 0.2) is 72.9 Å². The van der Waals surface area contributed by atoms with Crippen LogP contribution in [0.25, 0.3) is 0 Å². The van der Waals surface area contributed by atoms with Gasteiger partial charge in [-0.05, 0) is 61.6 Å². The number of hydrogen-bond donors (Lipinski definition) is 4. The van der Waals surface area contributed by atoms with Gasteiger partial charge in [-0.3, -0.25) is 33.6 Å². The van der Waals surface area contributed by atoms with Crippen LogP contribution in [0.5, 0.6) is 5.75 Å². The Morgan fingerprint density at radius 2 is 1.57 bits per heavy atom. The molecule has 3 saturated heterocycles. The minimum absolute atomic E-state index is 0.0299. The summed E-state index contributed by atoms with van der Waals surface area (Å²) in [5, 5.41) is 18.2. The van der Waals surface area contributed by atoms with Crippen LogP contribution in [0.1, 0.15) is 73.6 Å². The number of nitrogens with zero attached hydrogens (tertiary/aromatic N) is 5. The number of piperidine rings is 1. The summed E-state index contributed by atoms with van der Waals surface area (Å²) in [6.07, 6.45) is 0.175. The Kier molecular flexibility index (Phi) is 14.4. The van der Waals surface area contributed by atoms with Crippen LogP contribution < -0.4 is 20.9 Å². The molecule has 4 heterocycles. The van der Waals surface area contributed by atoms with Crippen LogP contribution in [-0.2, 0) is 44.7 Å². The third-order valence-corrected chi connectivity index (χ3v) is 11.8. The number of ketones is 1. The highest BCUT2D eigenvalue weighted by Gasteiger charge is 2.45. The number of rotatable bonds is 7. The quantitative estimate of drug-likeness (QED) is 0.247. The number of pyridine rings is 1. The molecule has 6 rings (SSSR count). The van der Waals surface area contributed by atoms with Crippen LogP contribution in [0.2, 0.25) is 0 Å². The number of carbonyl (C=O) groups excluding carboxylic acids is 8. The molecule has 0 spiro atoms. The van der Waals surface area contributed by atoms with Gasteiger partial charge in [-0.1, -0.05) is 49.4 Å². The molecule has 0 radical (unpaired) electrons. The van der Waals surface area contributed by atoms with Crippen LogP contribution in [0, 0.1) is 0 Å². The second-order valence-corrected chi connectivity index (χ2v) is 16.2. The van der Waals surface area contributed by atoms with Crippen LogP contribution in [0.3, 0.4) is 0 Å². The zero-order valence-corrected chi connectivity index (χ0v) is 36.0. The highest BCUT2D eigenvalue weighted by atomic mass is 16.5. The van der Waals surface area contributed by atoms with Gasteiger partial charge in [0.2, 0.25) is 29.5 Å². The molecule has 4 N–H and O–H groups in total. The van der Waals surface area contributed by atoms with Crippen molar-refractivity contribution < 1.29 is 48.2 Å². The molecule has 63 heavy (non-hydrogen) atoms. The monoisotopic (exact) mass is 866 g/mol. The number of anilines is 1. The van der Waals surface area contributed by atoms with Crippen molar-refractivity contribution in [3.8, 4) is 5.75 Å². The third-order valence-electron chi connectivity index (χ3n) is 11.8. The normalized spacial score (nSPS) is 25.4. The Labute approximate surface area is 365 Å². The predicted octanol–water partition coefficient (Wildman–Crippen LogP) is 1.27. The number of Topliss-reactive ketones (excluding diaryl/α,β-unsaturated/α-hetero) is 1. The van der Waals surface area contributed by atoms with E-state index in [0.717, 1.165) is 5.69 Å². The first-order valence-corrected chi connectivity index (χ1v) is 21.1. The summed E-state index contributed by atoms with van der Waals surface area (Å²) < 4.78 is 5.85. The van der Waals surface area contributed by atoms with Gasteiger partial charge < -0.3 is 45.4 Å². The molecule has 0 saturated carbocycles. The van der Waals surface area contributed by atoms with E-state index in [9.17, 15) is 43.5 Å². The summed E-state index contributed by atoms with van der Waals surface area (Å²) in [6, 6.07) is 10.1. The van der Waals surface area contributed by atoms with Crippen molar-refractivity contribution in [2.75, 3.05) is 39.1 Å². The average molecular weight is 867 g/mol. The summed E-state index contributed by atoms with van der Waals surface area (Å²) >= 11 is 0. The average Bonchev–Trinajstić information content (AvgIpc) is 3.77. The van der Waals surface area contributed by atoms with Crippen molar-refractivity contribution in [1.82, 2.24) is 35.6 Å². The Balaban J connectivity index is 1.44. The van der Waals surface area contributed by atoms with E-state index in [1.807, 2.05) is 43.3 Å². The summed E-state index contributed by atoms with van der Waals surface area (Å²) in [7, 11) is 5.25. The highest BCUT2D eigenvalue weighted by Crippen LogP contribution is 2.27. The summed E-state index contributed by atoms with van der Waals surface area (Å²) in [4.78, 5) is 123. The Hall–Kier alpha value is -6.85. The second kappa shape index (κ2) is 19.9. The first kappa shape index (κ1) is 45.7. The van der Waals surface area contributed by atoms with Gasteiger partial charge in [0.1, 0.15) is 47.8 Å². The number of carbonyl (C=O) groups is 8. The number of likely N-dealkylation sites (N-methyl/N-ethyl adjacent to an activating group) is 1. The van der Waals surface area contributed by atoms with E-state index in [1.165, 1.54) is 47.0 Å². The van der Waals surface area contributed by atoms with Crippen LogP contribution in [0.4, 0.5) is 5.69 Å². The second-order valence-electron chi connectivity index (χ2n) is 16.2. The Bertz CT molecular complexity index is 2220. The van der Waals surface area contributed by atoms with Gasteiger partial charge in [-0.25, -0.2) is 9.78 Å². The molecule has 334 valence electrons. The summed E-state index contributed by atoms with van der Waals surface area (Å²) in [5.41, 5.74) is 1.45. The van der Waals surface area contributed by atoms with Gasteiger partial charge >= 0.3 is 5.97 Å². The van der Waals surface area contributed by atoms with E-state index in [1.54, 1.807) is 37.3 Å². The van der Waals surface area contributed by atoms with E-state index < -0.39 is 95.2 Å². The predicted molar refractivity (Wildman–Crippen MR) is 228 cm³/mol. The van der Waals surface area contributed by atoms with Gasteiger partial charge in [0, 0.05) is 65.4 Å². The Morgan fingerprint density at radius 3 is 2.24 bits per heavy atom. The molecule has 0 unspecified atom stereocenters. The van der Waals surface area contributed by atoms with E-state index in [2.05, 4.69) is 20.9 Å². The molecule has 6 amide bonds. The summed E-state index contributed by atoms with van der Waals surface area (Å²) in [5.74, 6) is -6.33. The largest absolute Gasteiger partial charge is 0.505 e. The maximum Gasteiger partial charge on any atom is 0.333 e. The maximum atomic E-state index is 15.0. The Morgan fingerprint density at radius 1 is 0.873 bits per heavy atom. The zero-order chi connectivity index (χ0) is 45.5. The molecule has 1 aromatic heterocycles. The number of amides is 6. The fraction of sp³-hybridized carbons (Fsp3) is 0.444. The lowest BCUT2D eigenvalue weighted by atomic mass is 9.95. The highest BCUT2D eigenvalue weighted by molar-refractivity contribution is 6.01. The smallest absolute Gasteiger partial charge is 0.333 e. The van der Waals surface area contributed by atoms with Gasteiger partial charge in [0.05, 0.1) is 0 Å². The molecule has 18 nitrogen and oxygen atoms in total. The lowest BCUT2D eigenvalue weighted by molar-refractivity contribution is -0.156. The molecule has 7 atom stereocenters. The molecule has 18 heteroatoms. The zero-order valence-electron chi connectivity index (χ0n) is 36.0. The molecule has 0 aliphatic carbocycles. The van der Waals surface area contributed by atoms with Crippen molar-refractivity contribution in [1.29, 1.82) is 0 Å². The first-order valence-electron chi connectivity index (χ1n) is 21.1. The molecule has 3 fully saturated rings. The van der Waals surface area contributed by atoms with E-state index in [0.29, 0.717) is 12.0 Å². The van der Waals surface area contributed by atoms with Gasteiger partial charge in [-0.15, -0.1) is 0 Å². The number of fused-ring (bicyclic) bond motifs is 2. The van der Waals surface area contributed by atoms with Crippen molar-refractivity contribution in [2.45, 2.75) is 94.7 Å². The number of esters is 1. The molecular formula is C45H54N8O10. The molecule has 3 aromatic rings. The number of nitrogens with one attached hydrogen (secondary N) is 3. The van der Waals surface area contributed by atoms with E-state index >= 15 is 0 Å².